The van der Waals surface area contributed by atoms with Crippen LogP contribution in [0.4, 0.5) is 0 Å². The lowest BCUT2D eigenvalue weighted by atomic mass is 9.97. The number of amides is 1. The van der Waals surface area contributed by atoms with Crippen LogP contribution in [0.2, 0.25) is 0 Å². The number of hydrogen-bond donors (Lipinski definition) is 9. The fourth-order valence-electron chi connectivity index (χ4n) is 8.78. The molecule has 1 amide bonds. The molecule has 12 atom stereocenters. The van der Waals surface area contributed by atoms with Gasteiger partial charge in [-0.05, 0) is 44.9 Å². The van der Waals surface area contributed by atoms with Crippen LogP contribution in [0, 0.1) is 0 Å². The van der Waals surface area contributed by atoms with Crippen molar-refractivity contribution < 1.29 is 64.6 Å². The lowest BCUT2D eigenvalue weighted by Crippen LogP contribution is -2.65. The summed E-state index contributed by atoms with van der Waals surface area (Å²) in [6.45, 7) is 2.73. The summed E-state index contributed by atoms with van der Waals surface area (Å²) >= 11 is 0. The second kappa shape index (κ2) is 39.9. The lowest BCUT2D eigenvalue weighted by molar-refractivity contribution is -0.359. The molecular weight excluding hydrogens is 859 g/mol. The van der Waals surface area contributed by atoms with E-state index in [9.17, 15) is 45.6 Å². The Morgan fingerprint density at radius 1 is 0.552 bits per heavy atom. The summed E-state index contributed by atoms with van der Waals surface area (Å²) in [7, 11) is 0. The van der Waals surface area contributed by atoms with E-state index in [1.165, 1.54) is 89.9 Å². The number of carbonyl (C=O) groups is 1. The molecule has 2 aliphatic heterocycles. The second-order valence-electron chi connectivity index (χ2n) is 19.0. The second-order valence-corrected chi connectivity index (χ2v) is 19.0. The van der Waals surface area contributed by atoms with E-state index in [1.54, 1.807) is 0 Å². The zero-order valence-electron chi connectivity index (χ0n) is 41.6. The monoisotopic (exact) mass is 956 g/mol. The van der Waals surface area contributed by atoms with Crippen molar-refractivity contribution >= 4 is 5.91 Å². The molecule has 0 aromatic carbocycles. The van der Waals surface area contributed by atoms with Gasteiger partial charge in [-0.3, -0.25) is 4.79 Å². The lowest BCUT2D eigenvalue weighted by Gasteiger charge is -2.46. The van der Waals surface area contributed by atoms with Crippen molar-refractivity contribution in [3.05, 3.63) is 36.5 Å². The maximum absolute atomic E-state index is 13.2. The highest BCUT2D eigenvalue weighted by molar-refractivity contribution is 5.76. The summed E-state index contributed by atoms with van der Waals surface area (Å²) < 4.78 is 22.8. The van der Waals surface area contributed by atoms with Gasteiger partial charge in [0.1, 0.15) is 48.8 Å². The van der Waals surface area contributed by atoms with Crippen LogP contribution in [0.25, 0.3) is 0 Å². The molecule has 0 radical (unpaired) electrons. The number of ether oxygens (including phenoxy) is 4. The molecule has 2 rings (SSSR count). The summed E-state index contributed by atoms with van der Waals surface area (Å²) in [6, 6.07) is -0.837. The Balaban J connectivity index is 1.82. The molecule has 14 nitrogen and oxygen atoms in total. The van der Waals surface area contributed by atoms with Crippen molar-refractivity contribution in [1.29, 1.82) is 0 Å². The third-order valence-electron chi connectivity index (χ3n) is 13.1. The fourth-order valence-corrected chi connectivity index (χ4v) is 8.78. The molecule has 2 fully saturated rings. The Labute approximate surface area is 404 Å². The fraction of sp³-hybridized carbons (Fsp3) is 0.868. The molecule has 9 N–H and O–H groups in total. The van der Waals surface area contributed by atoms with E-state index in [-0.39, 0.29) is 18.9 Å². The van der Waals surface area contributed by atoms with Gasteiger partial charge in [-0.25, -0.2) is 0 Å². The van der Waals surface area contributed by atoms with Gasteiger partial charge < -0.3 is 65.1 Å². The molecular formula is C53H97NO13. The SMILES string of the molecule is CC/C=C\C/C=C\C/C=C\CCCCCCCC(=O)NC(COC1OC(CO)C(OC2OC(CO)C(O)C(O)C2O)C(O)C1O)C(O)CCCCCCCCCCCCCCCCCCCC. The third kappa shape index (κ3) is 26.8. The minimum atomic E-state index is -1.78. The number of aliphatic hydroxyl groups excluding tert-OH is 8. The van der Waals surface area contributed by atoms with Crippen molar-refractivity contribution in [3.63, 3.8) is 0 Å². The molecule has 0 aromatic heterocycles. The smallest absolute Gasteiger partial charge is 0.220 e. The van der Waals surface area contributed by atoms with Gasteiger partial charge in [0.25, 0.3) is 0 Å². The van der Waals surface area contributed by atoms with Crippen molar-refractivity contribution in [1.82, 2.24) is 5.32 Å². The first-order valence-corrected chi connectivity index (χ1v) is 26.7. The molecule has 67 heavy (non-hydrogen) atoms. The first-order valence-electron chi connectivity index (χ1n) is 26.7. The number of rotatable bonds is 41. The van der Waals surface area contributed by atoms with E-state index in [0.29, 0.717) is 12.8 Å². The third-order valence-corrected chi connectivity index (χ3v) is 13.1. The average Bonchev–Trinajstić information content (AvgIpc) is 3.32. The van der Waals surface area contributed by atoms with Crippen LogP contribution >= 0.6 is 0 Å². The van der Waals surface area contributed by atoms with Crippen LogP contribution in [0.15, 0.2) is 36.5 Å². The Morgan fingerprint density at radius 2 is 1.03 bits per heavy atom. The molecule has 14 heteroatoms. The molecule has 0 saturated carbocycles. The molecule has 0 spiro atoms. The number of carbonyl (C=O) groups excluding carboxylic acids is 1. The standard InChI is InChI=1S/C53H97NO13/c1-3-5-7-9-11-13-15-17-19-20-21-23-24-26-28-30-32-34-36-42(57)41(54-45(58)37-35-33-31-29-27-25-22-18-16-14-12-10-8-6-4-2)40-64-52-50(63)48(61)51(44(39-56)66-52)67-53-49(62)47(60)46(59)43(38-55)65-53/h6,8,12,14,18,22,41-44,46-53,55-57,59-63H,3-5,7,9-11,13,15-17,19-21,23-40H2,1-2H3,(H,54,58)/b8-6-,14-12-,22-18-. The summed E-state index contributed by atoms with van der Waals surface area (Å²) in [5.74, 6) is -0.224. The molecule has 0 aromatic rings. The molecule has 2 aliphatic rings. The van der Waals surface area contributed by atoms with Gasteiger partial charge in [-0.2, -0.15) is 0 Å². The van der Waals surface area contributed by atoms with Gasteiger partial charge in [0.15, 0.2) is 12.6 Å². The summed E-state index contributed by atoms with van der Waals surface area (Å²) in [4.78, 5) is 13.2. The van der Waals surface area contributed by atoms with E-state index in [4.69, 9.17) is 18.9 Å². The first kappa shape index (κ1) is 61.3. The normalized spacial score (nSPS) is 26.8. The number of unbranched alkanes of at least 4 members (excludes halogenated alkanes) is 22. The highest BCUT2D eigenvalue weighted by Gasteiger charge is 2.51. The quantitative estimate of drug-likeness (QED) is 0.0214. The van der Waals surface area contributed by atoms with Gasteiger partial charge in [0.2, 0.25) is 5.91 Å². The largest absolute Gasteiger partial charge is 0.394 e. The molecule has 2 saturated heterocycles. The Kier molecular flexibility index (Phi) is 36.5. The van der Waals surface area contributed by atoms with Crippen LogP contribution in [0.3, 0.4) is 0 Å². The van der Waals surface area contributed by atoms with Crippen molar-refractivity contribution in [2.45, 2.75) is 274 Å². The van der Waals surface area contributed by atoms with Gasteiger partial charge in [-0.1, -0.05) is 185 Å². The highest BCUT2D eigenvalue weighted by Crippen LogP contribution is 2.30. The first-order chi connectivity index (χ1) is 32.6. The minimum absolute atomic E-state index is 0.224. The van der Waals surface area contributed by atoms with Gasteiger partial charge >= 0.3 is 0 Å². The van der Waals surface area contributed by atoms with E-state index < -0.39 is 86.8 Å². The van der Waals surface area contributed by atoms with E-state index in [1.807, 2.05) is 0 Å². The van der Waals surface area contributed by atoms with Gasteiger partial charge in [0.05, 0.1) is 32.0 Å². The highest BCUT2D eigenvalue weighted by atomic mass is 16.7. The van der Waals surface area contributed by atoms with E-state index in [0.717, 1.165) is 77.0 Å². The zero-order valence-corrected chi connectivity index (χ0v) is 41.6. The van der Waals surface area contributed by atoms with Crippen LogP contribution in [-0.4, -0.2) is 140 Å². The summed E-state index contributed by atoms with van der Waals surface area (Å²) in [5.41, 5.74) is 0. The Morgan fingerprint density at radius 3 is 1.58 bits per heavy atom. The maximum atomic E-state index is 13.2. The number of hydrogen-bond acceptors (Lipinski definition) is 13. The predicted octanol–water partition coefficient (Wildman–Crippen LogP) is 7.49. The Hall–Kier alpha value is -1.79. The van der Waals surface area contributed by atoms with Crippen LogP contribution in [0.1, 0.15) is 200 Å². The Bertz CT molecular complexity index is 1270. The van der Waals surface area contributed by atoms with E-state index >= 15 is 0 Å². The van der Waals surface area contributed by atoms with Gasteiger partial charge in [-0.15, -0.1) is 0 Å². The molecule has 392 valence electrons. The molecule has 2 heterocycles. The van der Waals surface area contributed by atoms with E-state index in [2.05, 4.69) is 55.6 Å². The maximum Gasteiger partial charge on any atom is 0.220 e. The average molecular weight is 956 g/mol. The minimum Gasteiger partial charge on any atom is -0.394 e. The van der Waals surface area contributed by atoms with Crippen LogP contribution < -0.4 is 5.32 Å². The molecule has 0 aliphatic carbocycles. The topological polar surface area (TPSA) is 228 Å². The molecule has 0 bridgehead atoms. The van der Waals surface area contributed by atoms with Crippen molar-refractivity contribution in [3.8, 4) is 0 Å². The summed E-state index contributed by atoms with van der Waals surface area (Å²) in [6.07, 6.45) is 28.5. The number of aliphatic hydroxyl groups is 8. The van der Waals surface area contributed by atoms with Gasteiger partial charge in [0, 0.05) is 6.42 Å². The van der Waals surface area contributed by atoms with Crippen molar-refractivity contribution in [2.75, 3.05) is 19.8 Å². The van der Waals surface area contributed by atoms with Crippen molar-refractivity contribution in [2.24, 2.45) is 0 Å². The predicted molar refractivity (Wildman–Crippen MR) is 263 cm³/mol. The summed E-state index contributed by atoms with van der Waals surface area (Å²) in [5, 5.41) is 87.0. The molecule has 12 unspecified atom stereocenters. The zero-order chi connectivity index (χ0) is 48.9. The number of nitrogens with one attached hydrogen (secondary N) is 1. The number of allylic oxidation sites excluding steroid dienone is 6. The van der Waals surface area contributed by atoms with Crippen LogP contribution in [0.5, 0.6) is 0 Å². The van der Waals surface area contributed by atoms with Crippen LogP contribution in [-0.2, 0) is 23.7 Å².